The molecule has 3 N–H and O–H groups in total. The Hall–Kier alpha value is -2.10. The summed E-state index contributed by atoms with van der Waals surface area (Å²) in [4.78, 5) is 20.7. The predicted molar refractivity (Wildman–Crippen MR) is 39.9 cm³/mol. The monoisotopic (exact) mass is 428 g/mol. The molecule has 1 amide bonds. The Kier molecular flexibility index (Phi) is 12.2. The van der Waals surface area contributed by atoms with Crippen LogP contribution in [0.2, 0.25) is 0 Å². The number of hydrogen-bond acceptors (Lipinski definition) is 4. The fraction of sp³-hybridized carbons (Fsp3) is 0.333. The number of hydrogen-bond donors (Lipinski definition) is 2. The Morgan fingerprint density at radius 3 is 2.33 bits per heavy atom. The molecule has 0 radical (unpaired) electrons. The van der Waals surface area contributed by atoms with E-state index in [2.05, 4.69) is 17.2 Å². The second kappa shape index (κ2) is 8.90. The minimum absolute atomic E-state index is 0. The smallest absolute Gasteiger partial charge is 0.365 e. The molecular weight excluding hydrogens is 416 g/mol. The van der Waals surface area contributed by atoms with Crippen LogP contribution in [0.4, 0.5) is 0 Å². The number of nitrogens with one attached hydrogen (secondary N) is 1. The summed E-state index contributed by atoms with van der Waals surface area (Å²) in [5.41, 5.74) is 5.04. The number of ether oxygens (including phenoxy) is 1. The SMILES string of the molecule is [CH2-]OC(=O)C(=O)NCCN.[CH3-].[Db]. The molecular formula is C6H12DbN2O3-2. The van der Waals surface area contributed by atoms with Gasteiger partial charge in [-0.1, -0.05) is 0 Å². The van der Waals surface area contributed by atoms with Gasteiger partial charge in [0.2, 0.25) is 0 Å². The van der Waals surface area contributed by atoms with Crippen molar-refractivity contribution in [3.05, 3.63) is 14.5 Å². The van der Waals surface area contributed by atoms with Crippen LogP contribution in [0, 0.1) is 14.5 Å². The summed E-state index contributed by atoms with van der Waals surface area (Å²) in [5.74, 6) is -1.83. The zero-order valence-electron chi connectivity index (χ0n) is 7.13. The van der Waals surface area contributed by atoms with E-state index in [9.17, 15) is 9.59 Å². The first-order chi connectivity index (χ1) is 4.72. The van der Waals surface area contributed by atoms with Gasteiger partial charge in [0.1, 0.15) is 0 Å². The van der Waals surface area contributed by atoms with Gasteiger partial charge in [-0.05, 0) is 0 Å². The van der Waals surface area contributed by atoms with Gasteiger partial charge in [-0.2, -0.15) is 7.11 Å². The van der Waals surface area contributed by atoms with E-state index in [0.29, 0.717) is 0 Å². The molecule has 0 heterocycles. The van der Waals surface area contributed by atoms with Crippen LogP contribution in [0.5, 0.6) is 0 Å². The molecule has 0 rings (SSSR count). The van der Waals surface area contributed by atoms with Crippen molar-refractivity contribution in [1.29, 1.82) is 0 Å². The van der Waals surface area contributed by atoms with Gasteiger partial charge in [-0.15, -0.1) is 0 Å². The van der Waals surface area contributed by atoms with Crippen molar-refractivity contribution >= 4 is 11.9 Å². The molecule has 0 aliphatic carbocycles. The summed E-state index contributed by atoms with van der Waals surface area (Å²) in [6.07, 6.45) is 0. The summed E-state index contributed by atoms with van der Waals surface area (Å²) in [6, 6.07) is 0. The third kappa shape index (κ3) is 6.03. The van der Waals surface area contributed by atoms with Crippen molar-refractivity contribution in [2.45, 2.75) is 0 Å². The summed E-state index contributed by atoms with van der Waals surface area (Å²) < 4.78 is 3.87. The van der Waals surface area contributed by atoms with E-state index >= 15 is 0 Å². The second-order valence-corrected chi connectivity index (χ2v) is 1.48. The largest absolute Gasteiger partial charge is 0.633 e. The molecule has 0 saturated carbocycles. The maximum Gasteiger partial charge on any atom is 0.365 e. The minimum Gasteiger partial charge on any atom is -0.633 e. The summed E-state index contributed by atoms with van der Waals surface area (Å²) >= 11 is 0. The molecule has 0 spiro atoms. The van der Waals surface area contributed by atoms with Crippen LogP contribution in [-0.4, -0.2) is 25.0 Å². The van der Waals surface area contributed by atoms with Gasteiger partial charge < -0.3 is 23.2 Å². The number of esters is 1. The van der Waals surface area contributed by atoms with Gasteiger partial charge in [0, 0.05) is 13.1 Å². The van der Waals surface area contributed by atoms with Gasteiger partial charge in [0.25, 0.3) is 0 Å². The van der Waals surface area contributed by atoms with Gasteiger partial charge in [-0.3, -0.25) is 4.79 Å². The van der Waals surface area contributed by atoms with Crippen molar-refractivity contribution in [2.75, 3.05) is 13.1 Å². The van der Waals surface area contributed by atoms with E-state index in [4.69, 9.17) is 5.73 Å². The van der Waals surface area contributed by atoms with Gasteiger partial charge in [-0.25, -0.2) is 4.79 Å². The van der Waals surface area contributed by atoms with Crippen LogP contribution in [-0.2, 0) is 14.3 Å². The van der Waals surface area contributed by atoms with E-state index in [1.54, 1.807) is 0 Å². The Balaban J connectivity index is -0.000000405. The Morgan fingerprint density at radius 1 is 1.50 bits per heavy atom. The zero-order chi connectivity index (χ0) is 7.98. The first kappa shape index (κ1) is 16.5. The molecule has 0 fully saturated rings. The van der Waals surface area contributed by atoms with Crippen molar-refractivity contribution < 1.29 is 14.3 Å². The molecule has 0 aromatic carbocycles. The molecule has 0 saturated heterocycles. The fourth-order valence-corrected chi connectivity index (χ4v) is 0.323. The average molecular weight is 428 g/mol. The minimum atomic E-state index is -1.01. The third-order valence-electron chi connectivity index (χ3n) is 0.746. The Morgan fingerprint density at radius 2 is 2.00 bits per heavy atom. The number of amides is 1. The van der Waals surface area contributed by atoms with E-state index in [1.165, 1.54) is 0 Å². The van der Waals surface area contributed by atoms with Crippen molar-refractivity contribution in [2.24, 2.45) is 5.73 Å². The van der Waals surface area contributed by atoms with Crippen LogP contribution in [0.1, 0.15) is 0 Å². The molecule has 0 bridgehead atoms. The molecule has 6 heteroatoms. The molecule has 12 heavy (non-hydrogen) atoms. The summed E-state index contributed by atoms with van der Waals surface area (Å²) in [7, 11) is 2.77. The molecule has 0 unspecified atom stereocenters. The van der Waals surface area contributed by atoms with E-state index in [0.717, 1.165) is 0 Å². The Labute approximate surface area is 65.9 Å². The second-order valence-electron chi connectivity index (χ2n) is 1.48. The summed E-state index contributed by atoms with van der Waals surface area (Å²) in [6.45, 7) is 0.546. The quantitative estimate of drug-likeness (QED) is 0.331. The maximum absolute atomic E-state index is 10.5. The number of carbonyl (C=O) groups is 2. The Bertz CT molecular complexity index is 141. The first-order valence-electron chi connectivity index (χ1n) is 2.66. The number of rotatable bonds is 2. The van der Waals surface area contributed by atoms with Crippen molar-refractivity contribution in [3.63, 3.8) is 0 Å². The first-order valence-corrected chi connectivity index (χ1v) is 2.66. The third-order valence-corrected chi connectivity index (χ3v) is 0.746. The molecule has 0 atom stereocenters. The standard InChI is InChI=1S/C5H9N2O3.CH3.Db/c1-10-5(9)4(8)7-3-2-6;;/h1-3,6H2,(H,7,8);1H3;/q2*-1;. The molecule has 0 aliphatic rings. The van der Waals surface area contributed by atoms with Gasteiger partial charge >= 0.3 is 11.9 Å². The maximum atomic E-state index is 10.5. The van der Waals surface area contributed by atoms with Gasteiger partial charge in [0.15, 0.2) is 0 Å². The predicted octanol–water partition coefficient (Wildman–Crippen LogP) is -1.15. The van der Waals surface area contributed by atoms with Crippen molar-refractivity contribution in [1.82, 2.24) is 5.32 Å². The van der Waals surface area contributed by atoms with E-state index in [1.807, 2.05) is 0 Å². The number of carbonyl (C=O) groups excluding carboxylic acids is 2. The van der Waals surface area contributed by atoms with Crippen LogP contribution in [0.3, 0.4) is 0 Å². The molecule has 68 valence electrons. The van der Waals surface area contributed by atoms with E-state index < -0.39 is 11.9 Å². The number of nitrogens with two attached hydrogens (primary N) is 1. The normalized spacial score (nSPS) is 7.17. The zero-order valence-corrected chi connectivity index (χ0v) is 13.6. The molecule has 0 aromatic rings. The van der Waals surface area contributed by atoms with Crippen LogP contribution >= 0.6 is 0 Å². The van der Waals surface area contributed by atoms with Crippen LogP contribution in [0.15, 0.2) is 0 Å². The molecule has 0 aliphatic heterocycles. The summed E-state index contributed by atoms with van der Waals surface area (Å²) in [5, 5.41) is 2.20. The van der Waals surface area contributed by atoms with Crippen LogP contribution in [0.25, 0.3) is 0 Å². The van der Waals surface area contributed by atoms with Crippen molar-refractivity contribution in [3.8, 4) is 0 Å². The van der Waals surface area contributed by atoms with Crippen LogP contribution < -0.4 is 11.1 Å². The van der Waals surface area contributed by atoms with E-state index in [-0.39, 0.29) is 20.5 Å². The average Bonchev–Trinajstić information content (AvgIpc) is 1.98. The molecule has 5 nitrogen and oxygen atoms in total. The topological polar surface area (TPSA) is 81.4 Å². The fourth-order valence-electron chi connectivity index (χ4n) is 0.323. The van der Waals surface area contributed by atoms with Gasteiger partial charge in [0.05, 0.1) is 0 Å². The molecule has 0 aromatic heterocycles.